The molecule has 0 spiro atoms. The highest BCUT2D eigenvalue weighted by Gasteiger charge is 2.26. The van der Waals surface area contributed by atoms with E-state index in [1.165, 1.54) is 0 Å². The molecule has 0 aliphatic carbocycles. The molecule has 6 heteroatoms. The molecule has 32 heavy (non-hydrogen) atoms. The van der Waals surface area contributed by atoms with E-state index >= 15 is 0 Å². The Hall–Kier alpha value is -4.06. The number of phenols is 1. The fourth-order valence-electron chi connectivity index (χ4n) is 4.06. The van der Waals surface area contributed by atoms with Gasteiger partial charge in [-0.2, -0.15) is 5.10 Å². The minimum Gasteiger partial charge on any atom is -0.507 e. The minimum atomic E-state index is -0.181. The van der Waals surface area contributed by atoms with E-state index in [4.69, 9.17) is 9.15 Å². The van der Waals surface area contributed by atoms with Crippen LogP contribution in [0.15, 0.2) is 76.2 Å². The summed E-state index contributed by atoms with van der Waals surface area (Å²) in [6, 6.07) is 20.3. The molecule has 3 aromatic carbocycles. The van der Waals surface area contributed by atoms with E-state index < -0.39 is 0 Å². The summed E-state index contributed by atoms with van der Waals surface area (Å²) in [5, 5.41) is 15.9. The van der Waals surface area contributed by atoms with Gasteiger partial charge in [-0.3, -0.25) is 4.79 Å². The van der Waals surface area contributed by atoms with Crippen molar-refractivity contribution in [3.63, 3.8) is 0 Å². The van der Waals surface area contributed by atoms with Gasteiger partial charge in [0.25, 0.3) is 0 Å². The number of fused-ring (bicyclic) bond motifs is 1. The molecular formula is C26H22N2O4. The molecule has 160 valence electrons. The van der Waals surface area contributed by atoms with E-state index in [1.54, 1.807) is 25.3 Å². The van der Waals surface area contributed by atoms with Crippen molar-refractivity contribution in [3.05, 3.63) is 94.7 Å². The molecule has 5 rings (SSSR count). The highest BCUT2D eigenvalue weighted by atomic mass is 16.5. The van der Waals surface area contributed by atoms with Crippen molar-refractivity contribution in [1.82, 2.24) is 5.43 Å². The van der Waals surface area contributed by atoms with Gasteiger partial charge in [-0.25, -0.2) is 0 Å². The molecule has 4 aromatic rings. The van der Waals surface area contributed by atoms with Crippen LogP contribution in [0, 0.1) is 6.92 Å². The summed E-state index contributed by atoms with van der Waals surface area (Å²) in [7, 11) is 1.64. The lowest BCUT2D eigenvalue weighted by molar-refractivity contribution is 0.101. The maximum absolute atomic E-state index is 12.9. The third-order valence-corrected chi connectivity index (χ3v) is 5.88. The first-order valence-corrected chi connectivity index (χ1v) is 10.4. The Labute approximate surface area is 185 Å². The van der Waals surface area contributed by atoms with Crippen LogP contribution in [-0.4, -0.2) is 23.7 Å². The lowest BCUT2D eigenvalue weighted by atomic mass is 9.97. The molecule has 0 saturated heterocycles. The quantitative estimate of drug-likeness (QED) is 0.433. The molecule has 1 aliphatic rings. The summed E-state index contributed by atoms with van der Waals surface area (Å²) in [6.07, 6.45) is 0.623. The molecule has 0 fully saturated rings. The largest absolute Gasteiger partial charge is 0.507 e. The predicted molar refractivity (Wildman–Crippen MR) is 123 cm³/mol. The van der Waals surface area contributed by atoms with Crippen LogP contribution in [0.2, 0.25) is 0 Å². The van der Waals surface area contributed by atoms with Crippen LogP contribution in [0.5, 0.6) is 11.5 Å². The van der Waals surface area contributed by atoms with Gasteiger partial charge in [0.05, 0.1) is 18.9 Å². The summed E-state index contributed by atoms with van der Waals surface area (Å²) in [5.74, 6) is 0.971. The topological polar surface area (TPSA) is 84.1 Å². The van der Waals surface area contributed by atoms with E-state index in [2.05, 4.69) is 10.5 Å². The van der Waals surface area contributed by atoms with E-state index in [-0.39, 0.29) is 23.3 Å². The number of nitrogens with zero attached hydrogens (tertiary/aromatic N) is 1. The minimum absolute atomic E-state index is 0.00618. The molecule has 1 aliphatic heterocycles. The second-order valence-corrected chi connectivity index (χ2v) is 7.83. The maximum atomic E-state index is 12.9. The number of nitrogens with one attached hydrogen (secondary N) is 1. The number of rotatable bonds is 5. The zero-order chi connectivity index (χ0) is 22.2. The van der Waals surface area contributed by atoms with Gasteiger partial charge in [0.2, 0.25) is 5.78 Å². The zero-order valence-corrected chi connectivity index (χ0v) is 17.8. The summed E-state index contributed by atoms with van der Waals surface area (Å²) >= 11 is 0. The summed E-state index contributed by atoms with van der Waals surface area (Å²) in [4.78, 5) is 12.9. The number of hydrogen-bond donors (Lipinski definition) is 2. The number of methoxy groups -OCH3 is 1. The van der Waals surface area contributed by atoms with Gasteiger partial charge in [-0.15, -0.1) is 0 Å². The molecule has 0 bridgehead atoms. The second kappa shape index (κ2) is 7.89. The first kappa shape index (κ1) is 19.9. The number of hydrogen-bond acceptors (Lipinski definition) is 6. The Morgan fingerprint density at radius 2 is 1.88 bits per heavy atom. The number of carbonyl (C=O) groups excluding carboxylic acids is 1. The van der Waals surface area contributed by atoms with Crippen LogP contribution in [-0.2, 0) is 0 Å². The number of aromatic hydroxyl groups is 1. The average molecular weight is 426 g/mol. The van der Waals surface area contributed by atoms with Crippen molar-refractivity contribution in [2.45, 2.75) is 19.4 Å². The standard InChI is InChI=1S/C26H22N2O4/c1-15-19-12-20(22-13-21(27-28-22)16-8-10-18(31-2)11-9-16)23(29)14-24(19)32-26(15)25(30)17-6-4-3-5-7-17/h3-12,14,21,27,29H,13H2,1-2H3/t21-/m0/s1. The van der Waals surface area contributed by atoms with Gasteiger partial charge in [0.1, 0.15) is 17.1 Å². The molecule has 0 radical (unpaired) electrons. The van der Waals surface area contributed by atoms with Crippen molar-refractivity contribution in [3.8, 4) is 11.5 Å². The van der Waals surface area contributed by atoms with Crippen molar-refractivity contribution in [2.75, 3.05) is 7.11 Å². The third-order valence-electron chi connectivity index (χ3n) is 5.88. The van der Waals surface area contributed by atoms with Crippen molar-refractivity contribution in [1.29, 1.82) is 0 Å². The van der Waals surface area contributed by atoms with Crippen LogP contribution in [0.25, 0.3) is 11.0 Å². The third kappa shape index (κ3) is 3.39. The monoisotopic (exact) mass is 426 g/mol. The van der Waals surface area contributed by atoms with Crippen LogP contribution >= 0.6 is 0 Å². The Kier molecular flexibility index (Phi) is 4.90. The number of benzene rings is 3. The molecule has 6 nitrogen and oxygen atoms in total. The number of ketones is 1. The van der Waals surface area contributed by atoms with Crippen LogP contribution in [0.1, 0.15) is 45.3 Å². The number of phenolic OH excluding ortho intramolecular Hbond substituents is 1. The van der Waals surface area contributed by atoms with Gasteiger partial charge in [-0.1, -0.05) is 42.5 Å². The van der Waals surface area contributed by atoms with Gasteiger partial charge in [-0.05, 0) is 30.7 Å². The maximum Gasteiger partial charge on any atom is 0.228 e. The van der Waals surface area contributed by atoms with E-state index in [0.29, 0.717) is 23.1 Å². The Bertz CT molecular complexity index is 1340. The molecule has 1 atom stereocenters. The summed E-state index contributed by atoms with van der Waals surface area (Å²) in [5.41, 5.74) is 7.39. The molecule has 0 unspecified atom stereocenters. The number of hydrazone groups is 1. The Balaban J connectivity index is 1.45. The smallest absolute Gasteiger partial charge is 0.228 e. The second-order valence-electron chi connectivity index (χ2n) is 7.83. The van der Waals surface area contributed by atoms with Gasteiger partial charge < -0.3 is 19.7 Å². The van der Waals surface area contributed by atoms with Crippen LogP contribution < -0.4 is 10.2 Å². The number of ether oxygens (including phenoxy) is 1. The fourth-order valence-corrected chi connectivity index (χ4v) is 4.06. The van der Waals surface area contributed by atoms with E-state index in [0.717, 1.165) is 28.0 Å². The number of carbonyl (C=O) groups is 1. The summed E-state index contributed by atoms with van der Waals surface area (Å²) in [6.45, 7) is 1.86. The lowest BCUT2D eigenvalue weighted by Crippen LogP contribution is -2.09. The molecule has 2 N–H and O–H groups in total. The molecule has 1 aromatic heterocycles. The highest BCUT2D eigenvalue weighted by Crippen LogP contribution is 2.35. The molecular weight excluding hydrogens is 404 g/mol. The van der Waals surface area contributed by atoms with Crippen molar-refractivity contribution >= 4 is 22.5 Å². The van der Waals surface area contributed by atoms with E-state index in [1.807, 2.05) is 55.5 Å². The molecule has 0 amide bonds. The highest BCUT2D eigenvalue weighted by molar-refractivity contribution is 6.12. The lowest BCUT2D eigenvalue weighted by Gasteiger charge is -2.11. The fraction of sp³-hybridized carbons (Fsp3) is 0.154. The first-order chi connectivity index (χ1) is 15.5. The van der Waals surface area contributed by atoms with Gasteiger partial charge in [0, 0.05) is 34.6 Å². The predicted octanol–water partition coefficient (Wildman–Crippen LogP) is 5.13. The van der Waals surface area contributed by atoms with Crippen molar-refractivity contribution in [2.24, 2.45) is 5.10 Å². The van der Waals surface area contributed by atoms with Gasteiger partial charge >= 0.3 is 0 Å². The Morgan fingerprint density at radius 3 is 2.59 bits per heavy atom. The molecule has 2 heterocycles. The normalized spacial score (nSPS) is 15.4. The van der Waals surface area contributed by atoms with Crippen LogP contribution in [0.4, 0.5) is 0 Å². The van der Waals surface area contributed by atoms with Gasteiger partial charge in [0.15, 0.2) is 5.76 Å². The SMILES string of the molecule is COc1ccc([C@@H]2CC(c3cc4c(C)c(C(=O)c5ccccc5)oc4cc3O)=NN2)cc1. The summed E-state index contributed by atoms with van der Waals surface area (Å²) < 4.78 is 11.1. The van der Waals surface area contributed by atoms with E-state index in [9.17, 15) is 9.90 Å². The number of aryl methyl sites for hydroxylation is 1. The number of furan rings is 1. The zero-order valence-electron chi connectivity index (χ0n) is 17.8. The van der Waals surface area contributed by atoms with Crippen molar-refractivity contribution < 1.29 is 19.1 Å². The Morgan fingerprint density at radius 1 is 1.12 bits per heavy atom. The average Bonchev–Trinajstić information content (AvgIpc) is 3.44. The molecule has 0 saturated carbocycles. The van der Waals surface area contributed by atoms with Crippen LogP contribution in [0.3, 0.4) is 0 Å². The first-order valence-electron chi connectivity index (χ1n) is 10.4.